The molecular formula is C7H11N3O2. The molecule has 0 bridgehead atoms. The Balaban J connectivity index is 2.52. The summed E-state index contributed by atoms with van der Waals surface area (Å²) in [6.07, 6.45) is 3.42. The van der Waals surface area contributed by atoms with Crippen molar-refractivity contribution < 1.29 is 9.63 Å². The number of rotatable bonds is 3. The van der Waals surface area contributed by atoms with Gasteiger partial charge in [0.15, 0.2) is 0 Å². The lowest BCUT2D eigenvalue weighted by atomic mass is 10.2. The van der Waals surface area contributed by atoms with Gasteiger partial charge in [0.05, 0.1) is 0 Å². The maximum Gasteiger partial charge on any atom is 0.288 e. The van der Waals surface area contributed by atoms with Crippen molar-refractivity contribution in [3.05, 3.63) is 11.8 Å². The molecule has 0 spiro atoms. The molecule has 1 unspecified atom stereocenters. The van der Waals surface area contributed by atoms with E-state index < -0.39 is 11.9 Å². The Morgan fingerprint density at radius 1 is 1.92 bits per heavy atom. The van der Waals surface area contributed by atoms with Gasteiger partial charge in [-0.1, -0.05) is 6.92 Å². The number of hydrogen-bond acceptors (Lipinski definition) is 4. The number of allylic oxidation sites excluding steroid dienone is 1. The minimum Gasteiger partial charge on any atom is -0.412 e. The molecule has 1 heterocycles. The topological polar surface area (TPSA) is 74.5 Å². The highest BCUT2D eigenvalue weighted by atomic mass is 16.7. The minimum absolute atomic E-state index is 0.527. The zero-order valence-electron chi connectivity index (χ0n) is 6.83. The molecule has 0 fully saturated rings. The quantitative estimate of drug-likeness (QED) is 0.622. The van der Waals surface area contributed by atoms with Crippen LogP contribution in [-0.4, -0.2) is 11.9 Å². The number of hydrogen-bond donors (Lipinski definition) is 2. The molecule has 0 aromatic heterocycles. The highest BCUT2D eigenvalue weighted by molar-refractivity contribution is 5.84. The Labute approximate surface area is 70.2 Å². The molecule has 0 aromatic carbocycles. The first kappa shape index (κ1) is 8.86. The fourth-order valence-corrected chi connectivity index (χ4v) is 0.965. The Hall–Kier alpha value is -1.23. The minimum atomic E-state index is -0.566. The summed E-state index contributed by atoms with van der Waals surface area (Å²) in [4.78, 5) is 15.8. The van der Waals surface area contributed by atoms with Crippen molar-refractivity contribution in [3.63, 3.8) is 0 Å². The zero-order chi connectivity index (χ0) is 8.97. The first-order chi connectivity index (χ1) is 5.77. The molecule has 0 aromatic rings. The summed E-state index contributed by atoms with van der Waals surface area (Å²) in [7, 11) is 0. The van der Waals surface area contributed by atoms with Crippen LogP contribution in [0.4, 0.5) is 0 Å². The lowest BCUT2D eigenvalue weighted by Gasteiger charge is -2.01. The molecular weight excluding hydrogens is 158 g/mol. The van der Waals surface area contributed by atoms with Crippen molar-refractivity contribution >= 4 is 5.91 Å². The third-order valence-corrected chi connectivity index (χ3v) is 1.54. The Morgan fingerprint density at radius 3 is 3.25 bits per heavy atom. The van der Waals surface area contributed by atoms with Gasteiger partial charge in [-0.2, -0.15) is 0 Å². The largest absolute Gasteiger partial charge is 0.412 e. The van der Waals surface area contributed by atoms with Crippen LogP contribution in [0, 0.1) is 5.53 Å². The van der Waals surface area contributed by atoms with Gasteiger partial charge >= 0.3 is 0 Å². The van der Waals surface area contributed by atoms with E-state index in [1.165, 1.54) is 0 Å². The molecule has 1 rings (SSSR count). The third-order valence-electron chi connectivity index (χ3n) is 1.54. The van der Waals surface area contributed by atoms with Crippen LogP contribution in [0.25, 0.3) is 0 Å². The van der Waals surface area contributed by atoms with E-state index in [-0.39, 0.29) is 0 Å². The average Bonchev–Trinajstić information content (AvgIpc) is 2.52. The van der Waals surface area contributed by atoms with Gasteiger partial charge in [-0.05, 0) is 12.5 Å². The molecule has 0 saturated carbocycles. The van der Waals surface area contributed by atoms with Crippen LogP contribution in [0.2, 0.25) is 0 Å². The molecule has 12 heavy (non-hydrogen) atoms. The van der Waals surface area contributed by atoms with Crippen molar-refractivity contribution in [1.29, 1.82) is 5.53 Å². The molecule has 0 saturated heterocycles. The van der Waals surface area contributed by atoms with E-state index in [9.17, 15) is 4.79 Å². The van der Waals surface area contributed by atoms with Crippen molar-refractivity contribution in [3.8, 4) is 0 Å². The van der Waals surface area contributed by atoms with E-state index in [4.69, 9.17) is 10.4 Å². The lowest BCUT2D eigenvalue weighted by Crippen LogP contribution is -2.28. The van der Waals surface area contributed by atoms with Crippen molar-refractivity contribution in [2.75, 3.05) is 0 Å². The van der Waals surface area contributed by atoms with Crippen molar-refractivity contribution in [1.82, 2.24) is 5.48 Å². The van der Waals surface area contributed by atoms with Gasteiger partial charge in [-0.15, -0.1) is 10.6 Å². The molecule has 1 atom stereocenters. The summed E-state index contributed by atoms with van der Waals surface area (Å²) in [5.74, 6) is 0.223. The smallest absolute Gasteiger partial charge is 0.288 e. The number of carbonyl (C=O) groups excluding carboxylic acids is 1. The summed E-state index contributed by atoms with van der Waals surface area (Å²) >= 11 is 0. The number of hydroxylamine groups is 1. The molecule has 5 heteroatoms. The van der Waals surface area contributed by atoms with Gasteiger partial charge in [-0.3, -0.25) is 4.79 Å². The second-order valence-corrected chi connectivity index (χ2v) is 2.53. The van der Waals surface area contributed by atoms with Gasteiger partial charge < -0.3 is 4.84 Å². The van der Waals surface area contributed by atoms with Crippen LogP contribution in [0.15, 0.2) is 16.9 Å². The predicted octanol–water partition coefficient (Wildman–Crippen LogP) is 1.13. The summed E-state index contributed by atoms with van der Waals surface area (Å²) in [6.45, 7) is 2.02. The molecule has 66 valence electrons. The van der Waals surface area contributed by atoms with Gasteiger partial charge in [-0.25, -0.2) is 5.53 Å². The second-order valence-electron chi connectivity index (χ2n) is 2.53. The van der Waals surface area contributed by atoms with E-state index in [0.717, 1.165) is 18.6 Å². The summed E-state index contributed by atoms with van der Waals surface area (Å²) in [5, 5.41) is 2.79. The van der Waals surface area contributed by atoms with Gasteiger partial charge in [0.1, 0.15) is 11.8 Å². The highest BCUT2D eigenvalue weighted by Gasteiger charge is 2.22. The summed E-state index contributed by atoms with van der Waals surface area (Å²) < 4.78 is 0. The second kappa shape index (κ2) is 3.96. The van der Waals surface area contributed by atoms with E-state index in [0.29, 0.717) is 0 Å². The maximum absolute atomic E-state index is 10.8. The lowest BCUT2D eigenvalue weighted by molar-refractivity contribution is -0.121. The molecule has 0 radical (unpaired) electrons. The van der Waals surface area contributed by atoms with Gasteiger partial charge in [0, 0.05) is 6.42 Å². The van der Waals surface area contributed by atoms with Gasteiger partial charge in [0.25, 0.3) is 5.91 Å². The molecule has 0 aliphatic carbocycles. The Morgan fingerprint density at radius 2 is 2.67 bits per heavy atom. The molecule has 1 aliphatic heterocycles. The number of nitrogens with one attached hydrogen (secondary N) is 2. The SMILES string of the molecule is CCCC1=CC(C(=O)N=N)NO1. The first-order valence-corrected chi connectivity index (χ1v) is 3.82. The number of nitrogens with zero attached hydrogens (tertiary/aromatic N) is 1. The standard InChI is InChI=1S/C7H11N3O2/c1-2-3-5-4-6(10-12-5)7(11)9-8/h4,6,8,10H,2-3H2,1H3. The number of amides is 1. The van der Waals surface area contributed by atoms with Crippen LogP contribution in [0.5, 0.6) is 0 Å². The molecule has 2 N–H and O–H groups in total. The Kier molecular flexibility index (Phi) is 2.93. The van der Waals surface area contributed by atoms with Crippen LogP contribution in [-0.2, 0) is 9.63 Å². The predicted molar refractivity (Wildman–Crippen MR) is 41.2 cm³/mol. The maximum atomic E-state index is 10.8. The monoisotopic (exact) mass is 169 g/mol. The zero-order valence-corrected chi connectivity index (χ0v) is 6.83. The molecule has 1 aliphatic rings. The van der Waals surface area contributed by atoms with E-state index in [1.807, 2.05) is 6.92 Å². The normalized spacial score (nSPS) is 21.4. The fourth-order valence-electron chi connectivity index (χ4n) is 0.965. The first-order valence-electron chi connectivity index (χ1n) is 3.82. The van der Waals surface area contributed by atoms with Crippen molar-refractivity contribution in [2.45, 2.75) is 25.8 Å². The van der Waals surface area contributed by atoms with E-state index in [1.54, 1.807) is 6.08 Å². The molecule has 1 amide bonds. The van der Waals surface area contributed by atoms with Crippen molar-refractivity contribution in [2.24, 2.45) is 5.11 Å². The Bertz CT molecular complexity index is 225. The summed E-state index contributed by atoms with van der Waals surface area (Å²) in [5.41, 5.74) is 8.98. The highest BCUT2D eigenvalue weighted by Crippen LogP contribution is 2.13. The van der Waals surface area contributed by atoms with E-state index >= 15 is 0 Å². The molecule has 5 nitrogen and oxygen atoms in total. The van der Waals surface area contributed by atoms with Crippen LogP contribution in [0.1, 0.15) is 19.8 Å². The third kappa shape index (κ3) is 1.88. The van der Waals surface area contributed by atoms with Crippen LogP contribution < -0.4 is 5.48 Å². The van der Waals surface area contributed by atoms with Crippen LogP contribution >= 0.6 is 0 Å². The fraction of sp³-hybridized carbons (Fsp3) is 0.571. The van der Waals surface area contributed by atoms with Gasteiger partial charge in [0.2, 0.25) is 0 Å². The average molecular weight is 169 g/mol. The number of carbonyl (C=O) groups is 1. The summed E-state index contributed by atoms with van der Waals surface area (Å²) in [6, 6.07) is -0.566. The van der Waals surface area contributed by atoms with E-state index in [2.05, 4.69) is 10.6 Å². The van der Waals surface area contributed by atoms with Crippen LogP contribution in [0.3, 0.4) is 0 Å².